The SMILES string of the molecule is CCOC(=O)C1CCCN(C(=O)CN(C)C(=O)[C@@H](C)c2ccc3cc(OC)ccc3c2)C1. The highest BCUT2D eigenvalue weighted by Gasteiger charge is 2.30. The molecule has 32 heavy (non-hydrogen) atoms. The van der Waals surface area contributed by atoms with E-state index in [-0.39, 0.29) is 36.2 Å². The predicted molar refractivity (Wildman–Crippen MR) is 122 cm³/mol. The summed E-state index contributed by atoms with van der Waals surface area (Å²) in [6.07, 6.45) is 1.48. The number of rotatable bonds is 7. The van der Waals surface area contributed by atoms with Crippen LogP contribution in [0.2, 0.25) is 0 Å². The van der Waals surface area contributed by atoms with Crippen molar-refractivity contribution in [3.8, 4) is 5.75 Å². The van der Waals surface area contributed by atoms with E-state index in [0.29, 0.717) is 19.7 Å². The van der Waals surface area contributed by atoms with Gasteiger partial charge in [0.25, 0.3) is 0 Å². The first-order valence-electron chi connectivity index (χ1n) is 11.1. The third kappa shape index (κ3) is 5.39. The van der Waals surface area contributed by atoms with Crippen molar-refractivity contribution in [3.05, 3.63) is 42.0 Å². The van der Waals surface area contributed by atoms with Crippen LogP contribution in [-0.2, 0) is 19.1 Å². The summed E-state index contributed by atoms with van der Waals surface area (Å²) in [7, 11) is 3.28. The number of nitrogens with zero attached hydrogens (tertiary/aromatic N) is 2. The van der Waals surface area contributed by atoms with Crippen LogP contribution in [0.4, 0.5) is 0 Å². The molecule has 7 heteroatoms. The second kappa shape index (κ2) is 10.5. The summed E-state index contributed by atoms with van der Waals surface area (Å²) in [5.41, 5.74) is 0.896. The van der Waals surface area contributed by atoms with Crippen molar-refractivity contribution in [2.24, 2.45) is 5.92 Å². The molecule has 2 amide bonds. The number of methoxy groups -OCH3 is 1. The topological polar surface area (TPSA) is 76.2 Å². The van der Waals surface area contributed by atoms with Gasteiger partial charge in [0.1, 0.15) is 5.75 Å². The van der Waals surface area contributed by atoms with Gasteiger partial charge in [-0.2, -0.15) is 0 Å². The minimum absolute atomic E-state index is 0.0104. The molecule has 1 fully saturated rings. The van der Waals surface area contributed by atoms with Gasteiger partial charge in [-0.25, -0.2) is 0 Å². The minimum atomic E-state index is -0.382. The van der Waals surface area contributed by atoms with Crippen LogP contribution < -0.4 is 4.74 Å². The van der Waals surface area contributed by atoms with Crippen molar-refractivity contribution in [3.63, 3.8) is 0 Å². The van der Waals surface area contributed by atoms with Crippen LogP contribution >= 0.6 is 0 Å². The van der Waals surface area contributed by atoms with Gasteiger partial charge in [-0.05, 0) is 55.2 Å². The summed E-state index contributed by atoms with van der Waals surface area (Å²) < 4.78 is 10.4. The Labute approximate surface area is 189 Å². The summed E-state index contributed by atoms with van der Waals surface area (Å²) in [6, 6.07) is 11.7. The van der Waals surface area contributed by atoms with Crippen LogP contribution in [0.5, 0.6) is 5.75 Å². The zero-order valence-corrected chi connectivity index (χ0v) is 19.3. The number of carbonyl (C=O) groups excluding carboxylic acids is 3. The van der Waals surface area contributed by atoms with Crippen molar-refractivity contribution in [1.29, 1.82) is 0 Å². The lowest BCUT2D eigenvalue weighted by Gasteiger charge is -2.33. The fourth-order valence-corrected chi connectivity index (χ4v) is 4.15. The van der Waals surface area contributed by atoms with Crippen LogP contribution in [0.1, 0.15) is 38.2 Å². The molecule has 0 aliphatic carbocycles. The molecule has 1 unspecified atom stereocenters. The molecule has 2 aromatic rings. The summed E-state index contributed by atoms with van der Waals surface area (Å²) in [5, 5.41) is 2.07. The number of hydrogen-bond acceptors (Lipinski definition) is 5. The standard InChI is InChI=1S/C25H32N2O5/c1-5-32-25(30)21-7-6-12-27(15-21)23(28)16-26(3)24(29)17(2)18-8-9-20-14-22(31-4)11-10-19(20)13-18/h8-11,13-14,17,21H,5-7,12,15-16H2,1-4H3/t17-,21?/m0/s1. The van der Waals surface area contributed by atoms with Crippen molar-refractivity contribution in [1.82, 2.24) is 9.80 Å². The smallest absolute Gasteiger partial charge is 0.310 e. The second-order valence-corrected chi connectivity index (χ2v) is 8.32. The molecule has 0 spiro atoms. The van der Waals surface area contributed by atoms with E-state index in [1.165, 1.54) is 4.90 Å². The molecule has 0 radical (unpaired) electrons. The molecule has 1 saturated heterocycles. The van der Waals surface area contributed by atoms with Crippen molar-refractivity contribution in [2.75, 3.05) is 40.4 Å². The first-order chi connectivity index (χ1) is 15.3. The van der Waals surface area contributed by atoms with Gasteiger partial charge >= 0.3 is 5.97 Å². The van der Waals surface area contributed by atoms with E-state index in [0.717, 1.165) is 34.9 Å². The highest BCUT2D eigenvalue weighted by Crippen LogP contribution is 2.26. The monoisotopic (exact) mass is 440 g/mol. The number of benzene rings is 2. The molecule has 1 heterocycles. The third-order valence-corrected chi connectivity index (χ3v) is 6.08. The summed E-state index contributed by atoms with van der Waals surface area (Å²) in [5.74, 6) is -0.401. The molecular formula is C25H32N2O5. The largest absolute Gasteiger partial charge is 0.497 e. The Morgan fingerprint density at radius 3 is 2.59 bits per heavy atom. The van der Waals surface area contributed by atoms with E-state index in [2.05, 4.69) is 0 Å². The van der Waals surface area contributed by atoms with Gasteiger partial charge in [0.15, 0.2) is 0 Å². The fraction of sp³-hybridized carbons (Fsp3) is 0.480. The molecule has 1 aliphatic rings. The van der Waals surface area contributed by atoms with Crippen LogP contribution in [-0.4, -0.2) is 68.0 Å². The molecule has 0 aromatic heterocycles. The van der Waals surface area contributed by atoms with Crippen LogP contribution in [0.15, 0.2) is 36.4 Å². The zero-order valence-electron chi connectivity index (χ0n) is 19.3. The van der Waals surface area contributed by atoms with E-state index in [1.54, 1.807) is 26.0 Å². The maximum absolute atomic E-state index is 13.0. The van der Waals surface area contributed by atoms with Gasteiger partial charge in [-0.3, -0.25) is 14.4 Å². The Kier molecular flexibility index (Phi) is 7.72. The van der Waals surface area contributed by atoms with Crippen molar-refractivity contribution in [2.45, 2.75) is 32.6 Å². The van der Waals surface area contributed by atoms with E-state index in [1.807, 2.05) is 43.3 Å². The number of amides is 2. The number of piperidine rings is 1. The van der Waals surface area contributed by atoms with E-state index in [4.69, 9.17) is 9.47 Å². The molecule has 0 N–H and O–H groups in total. The molecule has 2 aromatic carbocycles. The van der Waals surface area contributed by atoms with E-state index in [9.17, 15) is 14.4 Å². The average molecular weight is 441 g/mol. The average Bonchev–Trinajstić information content (AvgIpc) is 2.82. The molecule has 172 valence electrons. The molecule has 3 rings (SSSR count). The number of ether oxygens (including phenoxy) is 2. The van der Waals surface area contributed by atoms with Gasteiger partial charge in [-0.1, -0.05) is 24.3 Å². The number of likely N-dealkylation sites (N-methyl/N-ethyl adjacent to an activating group) is 1. The second-order valence-electron chi connectivity index (χ2n) is 8.32. The first kappa shape index (κ1) is 23.6. The third-order valence-electron chi connectivity index (χ3n) is 6.08. The molecule has 1 aliphatic heterocycles. The Hall–Kier alpha value is -3.09. The number of fused-ring (bicyclic) bond motifs is 1. The molecular weight excluding hydrogens is 408 g/mol. The van der Waals surface area contributed by atoms with Gasteiger partial charge in [0.2, 0.25) is 11.8 Å². The van der Waals surface area contributed by atoms with Crippen LogP contribution in [0.25, 0.3) is 10.8 Å². The molecule has 0 bridgehead atoms. The molecule has 0 saturated carbocycles. The fourth-order valence-electron chi connectivity index (χ4n) is 4.15. The number of hydrogen-bond donors (Lipinski definition) is 0. The van der Waals surface area contributed by atoms with Crippen molar-refractivity contribution < 1.29 is 23.9 Å². The highest BCUT2D eigenvalue weighted by atomic mass is 16.5. The maximum atomic E-state index is 13.0. The van der Waals surface area contributed by atoms with Gasteiger partial charge in [0, 0.05) is 20.1 Å². The summed E-state index contributed by atoms with van der Waals surface area (Å²) in [6.45, 7) is 4.90. The summed E-state index contributed by atoms with van der Waals surface area (Å²) in [4.78, 5) is 41.0. The zero-order chi connectivity index (χ0) is 23.3. The molecule has 2 atom stereocenters. The van der Waals surface area contributed by atoms with Crippen LogP contribution in [0, 0.1) is 5.92 Å². The van der Waals surface area contributed by atoms with Gasteiger partial charge < -0.3 is 19.3 Å². The number of esters is 1. The lowest BCUT2D eigenvalue weighted by Crippen LogP contribution is -2.47. The molecule has 7 nitrogen and oxygen atoms in total. The van der Waals surface area contributed by atoms with Crippen LogP contribution in [0.3, 0.4) is 0 Å². The summed E-state index contributed by atoms with van der Waals surface area (Å²) >= 11 is 0. The number of likely N-dealkylation sites (tertiary alicyclic amines) is 1. The highest BCUT2D eigenvalue weighted by molar-refractivity contribution is 5.90. The Bertz CT molecular complexity index is 989. The Morgan fingerprint density at radius 1 is 1.16 bits per heavy atom. The Morgan fingerprint density at radius 2 is 1.88 bits per heavy atom. The van der Waals surface area contributed by atoms with Gasteiger partial charge in [-0.15, -0.1) is 0 Å². The lowest BCUT2D eigenvalue weighted by atomic mass is 9.96. The number of carbonyl (C=O) groups is 3. The van der Waals surface area contributed by atoms with E-state index < -0.39 is 0 Å². The van der Waals surface area contributed by atoms with E-state index >= 15 is 0 Å². The lowest BCUT2D eigenvalue weighted by molar-refractivity contribution is -0.152. The van der Waals surface area contributed by atoms with Crippen molar-refractivity contribution >= 4 is 28.6 Å². The quantitative estimate of drug-likeness (QED) is 0.618. The minimum Gasteiger partial charge on any atom is -0.497 e. The maximum Gasteiger partial charge on any atom is 0.310 e. The Balaban J connectivity index is 1.62. The van der Waals surface area contributed by atoms with Gasteiger partial charge in [0.05, 0.1) is 32.1 Å². The normalized spacial score (nSPS) is 17.0. The first-order valence-corrected chi connectivity index (χ1v) is 11.1. The predicted octanol–water partition coefficient (Wildman–Crippen LogP) is 3.21.